The number of nitrogens with zero attached hydrogens (tertiary/aromatic N) is 2. The number of rotatable bonds is 4. The topological polar surface area (TPSA) is 43.8 Å². The molecule has 0 aliphatic rings. The largest absolute Gasteiger partial charge is 0.384 e. The Morgan fingerprint density at radius 2 is 2.00 bits per heavy atom. The highest BCUT2D eigenvalue weighted by molar-refractivity contribution is 5.42. The van der Waals surface area contributed by atoms with Crippen molar-refractivity contribution >= 4 is 5.82 Å². The fraction of sp³-hybridized carbons (Fsp3) is 0.312. The monoisotopic (exact) mass is 253 g/mol. The Balaban J connectivity index is 2.37. The Kier molecular flexibility index (Phi) is 3.91. The molecule has 0 aliphatic heterocycles. The SMILES string of the molecule is C#CCn1c(C(C)C)nc(Cc2ccccc2)c1N. The number of hydrogen-bond acceptors (Lipinski definition) is 2. The lowest BCUT2D eigenvalue weighted by atomic mass is 10.1. The molecular weight excluding hydrogens is 234 g/mol. The van der Waals surface area contributed by atoms with E-state index in [2.05, 4.69) is 36.9 Å². The molecule has 2 rings (SSSR count). The van der Waals surface area contributed by atoms with Gasteiger partial charge in [-0.2, -0.15) is 0 Å². The second kappa shape index (κ2) is 5.62. The van der Waals surface area contributed by atoms with E-state index in [1.165, 1.54) is 5.56 Å². The number of terminal acetylenes is 1. The van der Waals surface area contributed by atoms with Crippen LogP contribution in [0.4, 0.5) is 5.82 Å². The zero-order chi connectivity index (χ0) is 13.8. The molecule has 0 aliphatic carbocycles. The summed E-state index contributed by atoms with van der Waals surface area (Å²) in [6.07, 6.45) is 6.15. The van der Waals surface area contributed by atoms with E-state index in [1.807, 2.05) is 22.8 Å². The lowest BCUT2D eigenvalue weighted by Gasteiger charge is -2.08. The van der Waals surface area contributed by atoms with Crippen molar-refractivity contribution in [3.63, 3.8) is 0 Å². The summed E-state index contributed by atoms with van der Waals surface area (Å²) in [5, 5.41) is 0. The number of anilines is 1. The van der Waals surface area contributed by atoms with Crippen LogP contribution in [0.1, 0.15) is 36.8 Å². The van der Waals surface area contributed by atoms with Crippen molar-refractivity contribution in [2.45, 2.75) is 32.7 Å². The third kappa shape index (κ3) is 2.79. The molecule has 98 valence electrons. The summed E-state index contributed by atoms with van der Waals surface area (Å²) in [6, 6.07) is 10.2. The fourth-order valence-corrected chi connectivity index (χ4v) is 2.15. The lowest BCUT2D eigenvalue weighted by Crippen LogP contribution is -2.07. The lowest BCUT2D eigenvalue weighted by molar-refractivity contribution is 0.690. The Bertz CT molecular complexity index is 588. The van der Waals surface area contributed by atoms with Gasteiger partial charge in [-0.05, 0) is 5.56 Å². The Hall–Kier alpha value is -2.21. The summed E-state index contributed by atoms with van der Waals surface area (Å²) in [5.41, 5.74) is 8.29. The predicted octanol–water partition coefficient (Wildman–Crippen LogP) is 2.81. The number of nitrogen functional groups attached to an aromatic ring is 1. The first kappa shape index (κ1) is 13.2. The van der Waals surface area contributed by atoms with Gasteiger partial charge in [0.05, 0.1) is 12.2 Å². The Labute approximate surface area is 114 Å². The van der Waals surface area contributed by atoms with Crippen LogP contribution in [0.15, 0.2) is 30.3 Å². The zero-order valence-corrected chi connectivity index (χ0v) is 11.4. The highest BCUT2D eigenvalue weighted by Crippen LogP contribution is 2.23. The number of aromatic nitrogens is 2. The van der Waals surface area contributed by atoms with Crippen molar-refractivity contribution in [1.82, 2.24) is 9.55 Å². The molecule has 1 heterocycles. The van der Waals surface area contributed by atoms with Gasteiger partial charge in [-0.25, -0.2) is 4.98 Å². The minimum atomic E-state index is 0.306. The van der Waals surface area contributed by atoms with Gasteiger partial charge >= 0.3 is 0 Å². The maximum atomic E-state index is 6.18. The van der Waals surface area contributed by atoms with E-state index in [4.69, 9.17) is 12.2 Å². The molecule has 0 saturated heterocycles. The van der Waals surface area contributed by atoms with Crippen molar-refractivity contribution in [3.8, 4) is 12.3 Å². The van der Waals surface area contributed by atoms with Crippen LogP contribution in [-0.4, -0.2) is 9.55 Å². The maximum Gasteiger partial charge on any atom is 0.128 e. The van der Waals surface area contributed by atoms with Gasteiger partial charge in [0.25, 0.3) is 0 Å². The molecule has 2 N–H and O–H groups in total. The van der Waals surface area contributed by atoms with Crippen molar-refractivity contribution in [2.24, 2.45) is 0 Å². The molecule has 3 heteroatoms. The predicted molar refractivity (Wildman–Crippen MR) is 78.8 cm³/mol. The summed E-state index contributed by atoms with van der Waals surface area (Å²) in [6.45, 7) is 4.67. The molecule has 3 nitrogen and oxygen atoms in total. The van der Waals surface area contributed by atoms with Gasteiger partial charge in [0.1, 0.15) is 11.6 Å². The molecule has 19 heavy (non-hydrogen) atoms. The highest BCUT2D eigenvalue weighted by atomic mass is 15.1. The van der Waals surface area contributed by atoms with Crippen LogP contribution in [0.25, 0.3) is 0 Å². The zero-order valence-electron chi connectivity index (χ0n) is 11.4. The second-order valence-electron chi connectivity index (χ2n) is 4.91. The molecule has 0 unspecified atom stereocenters. The normalized spacial score (nSPS) is 10.6. The van der Waals surface area contributed by atoms with E-state index in [0.29, 0.717) is 18.3 Å². The summed E-state index contributed by atoms with van der Waals surface area (Å²) < 4.78 is 1.93. The molecule has 0 saturated carbocycles. The van der Waals surface area contributed by atoms with Crippen LogP contribution in [0.2, 0.25) is 0 Å². The first-order valence-corrected chi connectivity index (χ1v) is 6.45. The van der Waals surface area contributed by atoms with Crippen LogP contribution < -0.4 is 5.73 Å². The van der Waals surface area contributed by atoms with Crippen LogP contribution >= 0.6 is 0 Å². The number of benzene rings is 1. The summed E-state index contributed by atoms with van der Waals surface area (Å²) in [5.74, 6) is 4.59. The third-order valence-electron chi connectivity index (χ3n) is 3.09. The molecule has 2 aromatic rings. The van der Waals surface area contributed by atoms with Gasteiger partial charge < -0.3 is 10.3 Å². The molecule has 0 atom stereocenters. The van der Waals surface area contributed by atoms with Gasteiger partial charge in [0, 0.05) is 12.3 Å². The molecule has 0 bridgehead atoms. The summed E-state index contributed by atoms with van der Waals surface area (Å²) in [7, 11) is 0. The average molecular weight is 253 g/mol. The molecule has 0 fully saturated rings. The second-order valence-corrected chi connectivity index (χ2v) is 4.91. The molecule has 0 spiro atoms. The quantitative estimate of drug-likeness (QED) is 0.851. The van der Waals surface area contributed by atoms with Gasteiger partial charge in [0.2, 0.25) is 0 Å². The highest BCUT2D eigenvalue weighted by Gasteiger charge is 2.16. The van der Waals surface area contributed by atoms with E-state index in [0.717, 1.165) is 17.9 Å². The Morgan fingerprint density at radius 3 is 2.58 bits per heavy atom. The van der Waals surface area contributed by atoms with Crippen molar-refractivity contribution in [2.75, 3.05) is 5.73 Å². The van der Waals surface area contributed by atoms with Crippen molar-refractivity contribution in [3.05, 3.63) is 47.4 Å². The fourth-order valence-electron chi connectivity index (χ4n) is 2.15. The van der Waals surface area contributed by atoms with Crippen molar-refractivity contribution < 1.29 is 0 Å². The standard InChI is InChI=1S/C16H19N3/c1-4-10-19-15(17)14(18-16(19)12(2)3)11-13-8-6-5-7-9-13/h1,5-9,12H,10-11,17H2,2-3H3. The summed E-state index contributed by atoms with van der Waals surface area (Å²) >= 11 is 0. The van der Waals surface area contributed by atoms with Gasteiger partial charge in [0.15, 0.2) is 0 Å². The number of hydrogen-bond donors (Lipinski definition) is 1. The summed E-state index contributed by atoms with van der Waals surface area (Å²) in [4.78, 5) is 4.67. The van der Waals surface area contributed by atoms with Crippen LogP contribution in [0.5, 0.6) is 0 Å². The van der Waals surface area contributed by atoms with Crippen LogP contribution in [-0.2, 0) is 13.0 Å². The third-order valence-corrected chi connectivity index (χ3v) is 3.09. The Morgan fingerprint density at radius 1 is 1.32 bits per heavy atom. The minimum absolute atomic E-state index is 0.306. The minimum Gasteiger partial charge on any atom is -0.384 e. The van der Waals surface area contributed by atoms with E-state index in [-0.39, 0.29) is 0 Å². The van der Waals surface area contributed by atoms with Crippen molar-refractivity contribution in [1.29, 1.82) is 0 Å². The molecular formula is C16H19N3. The van der Waals surface area contributed by atoms with E-state index < -0.39 is 0 Å². The molecule has 0 radical (unpaired) electrons. The maximum absolute atomic E-state index is 6.18. The van der Waals surface area contributed by atoms with Crippen LogP contribution in [0.3, 0.4) is 0 Å². The first-order chi connectivity index (χ1) is 9.13. The van der Waals surface area contributed by atoms with Gasteiger partial charge in [-0.15, -0.1) is 6.42 Å². The number of nitrogens with two attached hydrogens (primary N) is 1. The average Bonchev–Trinajstić information content (AvgIpc) is 2.70. The van der Waals surface area contributed by atoms with E-state index >= 15 is 0 Å². The van der Waals surface area contributed by atoms with E-state index in [1.54, 1.807) is 0 Å². The first-order valence-electron chi connectivity index (χ1n) is 6.45. The van der Waals surface area contributed by atoms with Gasteiger partial charge in [-0.1, -0.05) is 50.1 Å². The molecule has 1 aromatic heterocycles. The van der Waals surface area contributed by atoms with E-state index in [9.17, 15) is 0 Å². The smallest absolute Gasteiger partial charge is 0.128 e. The van der Waals surface area contributed by atoms with Gasteiger partial charge in [-0.3, -0.25) is 0 Å². The molecule has 1 aromatic carbocycles. The number of imidazole rings is 1. The molecule has 0 amide bonds. The van der Waals surface area contributed by atoms with Crippen LogP contribution in [0, 0.1) is 12.3 Å².